The Bertz CT molecular complexity index is 1260. The van der Waals surface area contributed by atoms with Crippen molar-refractivity contribution in [3.8, 4) is 11.5 Å². The largest absolute Gasteiger partial charge is 0.494 e. The van der Waals surface area contributed by atoms with E-state index in [-0.39, 0.29) is 5.91 Å². The lowest BCUT2D eigenvalue weighted by atomic mass is 10.0. The fourth-order valence-electron chi connectivity index (χ4n) is 4.30. The molecule has 1 N–H and O–H groups in total. The summed E-state index contributed by atoms with van der Waals surface area (Å²) in [6, 6.07) is 25.3. The number of ether oxygens (including phenoxy) is 2. The van der Waals surface area contributed by atoms with Gasteiger partial charge in [-0.05, 0) is 82.6 Å². The molecule has 4 rings (SSSR count). The first kappa shape index (κ1) is 23.6. The van der Waals surface area contributed by atoms with Crippen molar-refractivity contribution in [1.82, 2.24) is 5.32 Å². The van der Waals surface area contributed by atoms with Gasteiger partial charge in [-0.2, -0.15) is 0 Å². The summed E-state index contributed by atoms with van der Waals surface area (Å²) < 4.78 is 12.0. The maximum absolute atomic E-state index is 11.2. The average molecular weight is 456 g/mol. The van der Waals surface area contributed by atoms with Crippen LogP contribution in [0.1, 0.15) is 37.8 Å². The normalized spacial score (nSPS) is 11.0. The average Bonchev–Trinajstić information content (AvgIpc) is 2.85. The predicted molar refractivity (Wildman–Crippen MR) is 140 cm³/mol. The number of carbonyl (C=O) groups is 1. The van der Waals surface area contributed by atoms with Crippen LogP contribution in [0.2, 0.25) is 0 Å². The highest BCUT2D eigenvalue weighted by Gasteiger charge is 2.05. The Morgan fingerprint density at radius 3 is 1.88 bits per heavy atom. The highest BCUT2D eigenvalue weighted by molar-refractivity contribution is 5.88. The quantitative estimate of drug-likeness (QED) is 0.264. The van der Waals surface area contributed by atoms with Crippen molar-refractivity contribution in [1.29, 1.82) is 0 Å². The minimum Gasteiger partial charge on any atom is -0.494 e. The third-order valence-corrected chi connectivity index (χ3v) is 6.11. The number of rotatable bonds is 11. The van der Waals surface area contributed by atoms with Gasteiger partial charge >= 0.3 is 0 Å². The van der Waals surface area contributed by atoms with Crippen molar-refractivity contribution < 1.29 is 14.3 Å². The van der Waals surface area contributed by atoms with Gasteiger partial charge < -0.3 is 14.8 Å². The number of aryl methyl sites for hydroxylation is 1. The van der Waals surface area contributed by atoms with Crippen LogP contribution in [-0.4, -0.2) is 25.7 Å². The van der Waals surface area contributed by atoms with Crippen LogP contribution in [0, 0.1) is 0 Å². The number of benzene rings is 4. The zero-order valence-electron chi connectivity index (χ0n) is 20.1. The number of hydrogen-bond donors (Lipinski definition) is 1. The van der Waals surface area contributed by atoms with Crippen LogP contribution in [0.25, 0.3) is 21.5 Å². The van der Waals surface area contributed by atoms with Crippen molar-refractivity contribution in [3.63, 3.8) is 0 Å². The Balaban J connectivity index is 1.26. The third kappa shape index (κ3) is 6.07. The molecule has 34 heavy (non-hydrogen) atoms. The number of fused-ring (bicyclic) bond motifs is 2. The first-order valence-corrected chi connectivity index (χ1v) is 12.2. The minimum absolute atomic E-state index is 0.000404. The summed E-state index contributed by atoms with van der Waals surface area (Å²) >= 11 is 0. The lowest BCUT2D eigenvalue weighted by Gasteiger charge is -2.11. The molecule has 0 aliphatic carbocycles. The topological polar surface area (TPSA) is 47.6 Å². The van der Waals surface area contributed by atoms with Crippen LogP contribution in [-0.2, 0) is 17.6 Å². The fraction of sp³-hybridized carbons (Fsp3) is 0.300. The Hall–Kier alpha value is -3.53. The highest BCUT2D eigenvalue weighted by atomic mass is 16.5. The van der Waals surface area contributed by atoms with E-state index in [4.69, 9.17) is 9.47 Å². The van der Waals surface area contributed by atoms with E-state index < -0.39 is 0 Å². The molecule has 4 heteroatoms. The molecular formula is C30H33NO3. The summed E-state index contributed by atoms with van der Waals surface area (Å²) in [6.45, 7) is 5.69. The van der Waals surface area contributed by atoms with E-state index in [0.717, 1.165) is 37.2 Å². The van der Waals surface area contributed by atoms with E-state index in [2.05, 4.69) is 79.0 Å². The molecule has 176 valence electrons. The fourth-order valence-corrected chi connectivity index (χ4v) is 4.30. The second-order valence-electron chi connectivity index (χ2n) is 8.59. The maximum Gasteiger partial charge on any atom is 0.216 e. The number of carbonyl (C=O) groups excluding carboxylic acids is 1. The second-order valence-corrected chi connectivity index (χ2v) is 8.59. The zero-order chi connectivity index (χ0) is 23.8. The molecule has 1 amide bonds. The molecule has 0 aliphatic heterocycles. The van der Waals surface area contributed by atoms with Crippen molar-refractivity contribution >= 4 is 27.5 Å². The molecule has 4 aromatic carbocycles. The van der Waals surface area contributed by atoms with E-state index in [1.54, 1.807) is 6.92 Å². The van der Waals surface area contributed by atoms with Gasteiger partial charge in [0, 0.05) is 13.5 Å². The smallest absolute Gasteiger partial charge is 0.216 e. The molecule has 0 saturated heterocycles. The molecule has 0 atom stereocenters. The van der Waals surface area contributed by atoms with Crippen LogP contribution < -0.4 is 14.8 Å². The highest BCUT2D eigenvalue weighted by Crippen LogP contribution is 2.26. The van der Waals surface area contributed by atoms with E-state index in [1.165, 1.54) is 32.7 Å². The molecule has 0 bridgehead atoms. The Morgan fingerprint density at radius 2 is 1.32 bits per heavy atom. The molecule has 0 saturated carbocycles. The monoisotopic (exact) mass is 455 g/mol. The number of hydrogen-bond acceptors (Lipinski definition) is 3. The summed E-state index contributed by atoms with van der Waals surface area (Å²) in [5.74, 6) is 1.80. The molecule has 0 aliphatic rings. The van der Waals surface area contributed by atoms with Gasteiger partial charge in [0.05, 0.1) is 13.2 Å². The van der Waals surface area contributed by atoms with Gasteiger partial charge in [0.25, 0.3) is 0 Å². The van der Waals surface area contributed by atoms with Gasteiger partial charge in [-0.15, -0.1) is 0 Å². The Kier molecular flexibility index (Phi) is 8.03. The van der Waals surface area contributed by atoms with Gasteiger partial charge in [0.15, 0.2) is 0 Å². The van der Waals surface area contributed by atoms with Crippen molar-refractivity contribution in [2.45, 2.75) is 39.5 Å². The Labute approximate surface area is 201 Å². The van der Waals surface area contributed by atoms with E-state index >= 15 is 0 Å². The number of unbranched alkanes of at least 4 members (excludes halogenated alkanes) is 1. The zero-order valence-corrected chi connectivity index (χ0v) is 20.1. The number of amides is 1. The van der Waals surface area contributed by atoms with Crippen LogP contribution in [0.5, 0.6) is 11.5 Å². The summed E-state index contributed by atoms with van der Waals surface area (Å²) in [4.78, 5) is 11.2. The van der Waals surface area contributed by atoms with Gasteiger partial charge in [-0.1, -0.05) is 55.5 Å². The SMILES string of the molecule is CCc1cccc2ccc(OCCCCOc3ccc4cccc(CCNC(C)=O)c4c3)cc12. The van der Waals surface area contributed by atoms with E-state index in [9.17, 15) is 4.79 Å². The molecule has 0 heterocycles. The first-order valence-electron chi connectivity index (χ1n) is 12.2. The summed E-state index contributed by atoms with van der Waals surface area (Å²) in [5, 5.41) is 7.77. The summed E-state index contributed by atoms with van der Waals surface area (Å²) in [5.41, 5.74) is 2.57. The molecule has 0 unspecified atom stereocenters. The first-order chi connectivity index (χ1) is 16.6. The predicted octanol–water partition coefficient (Wildman–Crippen LogP) is 6.47. The van der Waals surface area contributed by atoms with Crippen LogP contribution in [0.15, 0.2) is 72.8 Å². The molecule has 0 aromatic heterocycles. The summed E-state index contributed by atoms with van der Waals surface area (Å²) in [7, 11) is 0. The molecule has 4 aromatic rings. The maximum atomic E-state index is 11.2. The van der Waals surface area contributed by atoms with E-state index in [0.29, 0.717) is 19.8 Å². The lowest BCUT2D eigenvalue weighted by molar-refractivity contribution is -0.118. The van der Waals surface area contributed by atoms with E-state index in [1.807, 2.05) is 6.07 Å². The summed E-state index contributed by atoms with van der Waals surface area (Å²) in [6.07, 6.45) is 3.68. The van der Waals surface area contributed by atoms with Crippen LogP contribution in [0.4, 0.5) is 0 Å². The van der Waals surface area contributed by atoms with Crippen LogP contribution >= 0.6 is 0 Å². The molecule has 0 radical (unpaired) electrons. The molecular weight excluding hydrogens is 422 g/mol. The van der Waals surface area contributed by atoms with Gasteiger partial charge in [-0.3, -0.25) is 4.79 Å². The molecule has 0 fully saturated rings. The molecule has 4 nitrogen and oxygen atoms in total. The van der Waals surface area contributed by atoms with Crippen LogP contribution in [0.3, 0.4) is 0 Å². The lowest BCUT2D eigenvalue weighted by Crippen LogP contribution is -2.22. The third-order valence-electron chi connectivity index (χ3n) is 6.11. The van der Waals surface area contributed by atoms with Gasteiger partial charge in [-0.25, -0.2) is 0 Å². The standard InChI is InChI=1S/C30H33NO3/c1-3-23-8-6-9-24-12-14-27(20-29(23)24)33-18-4-5-19-34-28-15-13-25-10-7-11-26(30(25)21-28)16-17-31-22(2)32/h6-15,20-21H,3-5,16-19H2,1-2H3,(H,31,32). The molecule has 0 spiro atoms. The minimum atomic E-state index is -0.000404. The Morgan fingerprint density at radius 1 is 0.765 bits per heavy atom. The number of nitrogens with one attached hydrogen (secondary N) is 1. The van der Waals surface area contributed by atoms with Gasteiger partial charge in [0.2, 0.25) is 5.91 Å². The van der Waals surface area contributed by atoms with Crippen molar-refractivity contribution in [2.75, 3.05) is 19.8 Å². The van der Waals surface area contributed by atoms with Gasteiger partial charge in [0.1, 0.15) is 11.5 Å². The van der Waals surface area contributed by atoms with Crippen molar-refractivity contribution in [3.05, 3.63) is 83.9 Å². The second kappa shape index (κ2) is 11.6. The van der Waals surface area contributed by atoms with Crippen molar-refractivity contribution in [2.24, 2.45) is 0 Å².